The van der Waals surface area contributed by atoms with Crippen molar-refractivity contribution in [2.45, 2.75) is 19.8 Å². The van der Waals surface area contributed by atoms with Crippen molar-refractivity contribution in [2.75, 3.05) is 5.33 Å². The minimum absolute atomic E-state index is 0.681. The topological polar surface area (TPSA) is 0 Å². The van der Waals surface area contributed by atoms with Crippen LogP contribution >= 0.6 is 15.9 Å². The van der Waals surface area contributed by atoms with Gasteiger partial charge in [0.1, 0.15) is 0 Å². The molecule has 0 amide bonds. The first-order chi connectivity index (χ1) is 3.85. The van der Waals surface area contributed by atoms with Crippen LogP contribution in [0.4, 0.5) is 0 Å². The molecular formula is C7H13Br. The predicted octanol–water partition coefficient (Wildman–Crippen LogP) is 2.98. The fourth-order valence-electron chi connectivity index (χ4n) is 0.629. The van der Waals surface area contributed by atoms with Crippen molar-refractivity contribution in [3.63, 3.8) is 0 Å². The highest BCUT2D eigenvalue weighted by Crippen LogP contribution is 2.09. The average Bonchev–Trinajstić information content (AvgIpc) is 1.83. The average molecular weight is 177 g/mol. The summed E-state index contributed by atoms with van der Waals surface area (Å²) < 4.78 is 0. The summed E-state index contributed by atoms with van der Waals surface area (Å²) in [6.07, 6.45) is 4.52. The Morgan fingerprint density at radius 3 is 2.50 bits per heavy atom. The fourth-order valence-corrected chi connectivity index (χ4v) is 1.22. The normalized spacial score (nSPS) is 13.2. The Bertz CT molecular complexity index is 59.4. The van der Waals surface area contributed by atoms with E-state index in [-0.39, 0.29) is 0 Å². The van der Waals surface area contributed by atoms with Crippen LogP contribution in [0.2, 0.25) is 0 Å². The minimum Gasteiger partial charge on any atom is -0.103 e. The maximum absolute atomic E-state index is 3.72. The number of hydrogen-bond donors (Lipinski definition) is 0. The van der Waals surface area contributed by atoms with Gasteiger partial charge in [-0.25, -0.2) is 0 Å². The molecule has 1 heteroatoms. The van der Waals surface area contributed by atoms with Crippen LogP contribution in [0.15, 0.2) is 12.7 Å². The van der Waals surface area contributed by atoms with E-state index in [1.54, 1.807) is 0 Å². The largest absolute Gasteiger partial charge is 0.103 e. The highest BCUT2D eigenvalue weighted by Gasteiger charge is 1.97. The van der Waals surface area contributed by atoms with Crippen LogP contribution < -0.4 is 0 Å². The molecule has 0 N–H and O–H groups in total. The van der Waals surface area contributed by atoms with E-state index in [1.165, 1.54) is 12.8 Å². The lowest BCUT2D eigenvalue weighted by molar-refractivity contribution is 0.648. The summed E-state index contributed by atoms with van der Waals surface area (Å²) in [5.74, 6) is 0.681. The zero-order valence-corrected chi connectivity index (χ0v) is 6.95. The van der Waals surface area contributed by atoms with Crippen LogP contribution in [0.5, 0.6) is 0 Å². The summed E-state index contributed by atoms with van der Waals surface area (Å²) in [4.78, 5) is 0. The van der Waals surface area contributed by atoms with Crippen molar-refractivity contribution >= 4 is 15.9 Å². The second kappa shape index (κ2) is 5.36. The standard InChI is InChI=1S/C7H13Br/c1-3-5-7(4-2)6-8/h4,7H,2-3,5-6H2,1H3. The van der Waals surface area contributed by atoms with Gasteiger partial charge in [0.2, 0.25) is 0 Å². The predicted molar refractivity (Wildman–Crippen MR) is 42.4 cm³/mol. The molecule has 0 rings (SSSR count). The van der Waals surface area contributed by atoms with E-state index in [2.05, 4.69) is 29.4 Å². The summed E-state index contributed by atoms with van der Waals surface area (Å²) >= 11 is 3.41. The van der Waals surface area contributed by atoms with Crippen LogP contribution in [-0.4, -0.2) is 5.33 Å². The Balaban J connectivity index is 3.21. The maximum atomic E-state index is 3.72. The smallest absolute Gasteiger partial charge is 0.00942 e. The van der Waals surface area contributed by atoms with Gasteiger partial charge in [0.05, 0.1) is 0 Å². The molecule has 0 aliphatic heterocycles. The summed E-state index contributed by atoms with van der Waals surface area (Å²) in [5.41, 5.74) is 0. The van der Waals surface area contributed by atoms with Gasteiger partial charge in [0.15, 0.2) is 0 Å². The van der Waals surface area contributed by atoms with E-state index >= 15 is 0 Å². The third kappa shape index (κ3) is 3.25. The molecule has 0 heterocycles. The van der Waals surface area contributed by atoms with Gasteiger partial charge in [-0.3, -0.25) is 0 Å². The van der Waals surface area contributed by atoms with Gasteiger partial charge in [-0.2, -0.15) is 0 Å². The number of halogens is 1. The lowest BCUT2D eigenvalue weighted by Gasteiger charge is -2.03. The van der Waals surface area contributed by atoms with E-state index < -0.39 is 0 Å². The Kier molecular flexibility index (Phi) is 5.51. The van der Waals surface area contributed by atoms with E-state index in [0.29, 0.717) is 5.92 Å². The second-order valence-corrected chi connectivity index (χ2v) is 2.59. The molecule has 1 unspecified atom stereocenters. The number of alkyl halides is 1. The minimum atomic E-state index is 0.681. The van der Waals surface area contributed by atoms with Crippen LogP contribution in [0, 0.1) is 5.92 Å². The molecule has 0 aromatic heterocycles. The summed E-state index contributed by atoms with van der Waals surface area (Å²) in [6.45, 7) is 5.91. The van der Waals surface area contributed by atoms with Gasteiger partial charge in [0.25, 0.3) is 0 Å². The molecule has 0 saturated carbocycles. The van der Waals surface area contributed by atoms with Crippen molar-refractivity contribution in [3.8, 4) is 0 Å². The number of hydrogen-bond acceptors (Lipinski definition) is 0. The molecule has 0 spiro atoms. The third-order valence-electron chi connectivity index (χ3n) is 1.19. The maximum Gasteiger partial charge on any atom is 0.00942 e. The highest BCUT2D eigenvalue weighted by molar-refractivity contribution is 9.09. The Hall–Kier alpha value is 0.220. The van der Waals surface area contributed by atoms with E-state index in [0.717, 1.165) is 5.33 Å². The fraction of sp³-hybridized carbons (Fsp3) is 0.714. The molecule has 1 atom stereocenters. The molecular weight excluding hydrogens is 164 g/mol. The van der Waals surface area contributed by atoms with Crippen molar-refractivity contribution < 1.29 is 0 Å². The van der Waals surface area contributed by atoms with Gasteiger partial charge >= 0.3 is 0 Å². The first-order valence-electron chi connectivity index (χ1n) is 3.03. The monoisotopic (exact) mass is 176 g/mol. The van der Waals surface area contributed by atoms with Crippen LogP contribution in [0.1, 0.15) is 19.8 Å². The zero-order valence-electron chi connectivity index (χ0n) is 5.36. The van der Waals surface area contributed by atoms with Gasteiger partial charge in [-0.05, 0) is 12.3 Å². The van der Waals surface area contributed by atoms with Crippen molar-refractivity contribution in [2.24, 2.45) is 5.92 Å². The summed E-state index contributed by atoms with van der Waals surface area (Å²) in [6, 6.07) is 0. The first-order valence-corrected chi connectivity index (χ1v) is 4.15. The quantitative estimate of drug-likeness (QED) is 0.457. The molecule has 0 aromatic carbocycles. The van der Waals surface area contributed by atoms with Crippen molar-refractivity contribution in [1.29, 1.82) is 0 Å². The molecule has 8 heavy (non-hydrogen) atoms. The third-order valence-corrected chi connectivity index (χ3v) is 2.02. The van der Waals surface area contributed by atoms with Crippen LogP contribution in [0.3, 0.4) is 0 Å². The van der Waals surface area contributed by atoms with E-state index in [1.807, 2.05) is 6.08 Å². The molecule has 0 aliphatic carbocycles. The second-order valence-electron chi connectivity index (χ2n) is 1.94. The molecule has 0 bridgehead atoms. The molecule has 0 aromatic rings. The number of rotatable bonds is 4. The summed E-state index contributed by atoms with van der Waals surface area (Å²) in [5, 5.41) is 1.06. The van der Waals surface area contributed by atoms with Gasteiger partial charge < -0.3 is 0 Å². The van der Waals surface area contributed by atoms with Crippen molar-refractivity contribution in [3.05, 3.63) is 12.7 Å². The van der Waals surface area contributed by atoms with Gasteiger partial charge in [0, 0.05) is 5.33 Å². The number of allylic oxidation sites excluding steroid dienone is 1. The van der Waals surface area contributed by atoms with Gasteiger partial charge in [-0.15, -0.1) is 6.58 Å². The molecule has 48 valence electrons. The molecule has 0 nitrogen and oxygen atoms in total. The Morgan fingerprint density at radius 2 is 2.38 bits per heavy atom. The van der Waals surface area contributed by atoms with Crippen LogP contribution in [0.25, 0.3) is 0 Å². The van der Waals surface area contributed by atoms with Crippen LogP contribution in [-0.2, 0) is 0 Å². The first kappa shape index (κ1) is 8.22. The summed E-state index contributed by atoms with van der Waals surface area (Å²) in [7, 11) is 0. The molecule has 0 fully saturated rings. The zero-order chi connectivity index (χ0) is 6.41. The lowest BCUT2D eigenvalue weighted by Crippen LogP contribution is -1.94. The SMILES string of the molecule is C=CC(CBr)CCC. The van der Waals surface area contributed by atoms with Gasteiger partial charge in [-0.1, -0.05) is 35.4 Å². The Labute approximate surface area is 60.1 Å². The molecule has 0 radical (unpaired) electrons. The van der Waals surface area contributed by atoms with E-state index in [9.17, 15) is 0 Å². The molecule has 0 aliphatic rings. The molecule has 0 saturated heterocycles. The van der Waals surface area contributed by atoms with E-state index in [4.69, 9.17) is 0 Å². The lowest BCUT2D eigenvalue weighted by atomic mass is 10.1. The Morgan fingerprint density at radius 1 is 1.75 bits per heavy atom. The highest BCUT2D eigenvalue weighted by atomic mass is 79.9. The van der Waals surface area contributed by atoms with Crippen molar-refractivity contribution in [1.82, 2.24) is 0 Å².